The molecule has 0 saturated carbocycles. The van der Waals surface area contributed by atoms with Crippen LogP contribution >= 0.6 is 0 Å². The maximum atomic E-state index is 5.51. The van der Waals surface area contributed by atoms with Crippen LogP contribution < -0.4 is 38.9 Å². The molecular formula is C22H26Cl2N4O2. The lowest BCUT2D eigenvalue weighted by Gasteiger charge is -2.23. The molecule has 2 aromatic carbocycles. The minimum Gasteiger partial charge on any atom is -1.00 e. The first-order chi connectivity index (χ1) is 13.8. The highest BCUT2D eigenvalue weighted by atomic mass is 35.5. The van der Waals surface area contributed by atoms with E-state index in [9.17, 15) is 0 Å². The summed E-state index contributed by atoms with van der Waals surface area (Å²) in [6, 6.07) is 16.8. The summed E-state index contributed by atoms with van der Waals surface area (Å²) in [5, 5.41) is 0. The number of H-pyrrole nitrogens is 1. The Balaban J connectivity index is 0.00000128. The van der Waals surface area contributed by atoms with E-state index in [4.69, 9.17) is 9.47 Å². The molecule has 1 aliphatic heterocycles. The van der Waals surface area contributed by atoms with Crippen molar-refractivity contribution in [3.05, 3.63) is 54.7 Å². The molecule has 6 nitrogen and oxygen atoms in total. The fourth-order valence-electron chi connectivity index (χ4n) is 4.12. The summed E-state index contributed by atoms with van der Waals surface area (Å²) >= 11 is 0. The first kappa shape index (κ1) is 22.4. The third kappa shape index (κ3) is 4.14. The summed E-state index contributed by atoms with van der Waals surface area (Å²) in [6.07, 6.45) is 2.24. The van der Waals surface area contributed by atoms with Gasteiger partial charge in [-0.1, -0.05) is 12.1 Å². The minimum atomic E-state index is 0. The van der Waals surface area contributed by atoms with Gasteiger partial charge in [-0.25, -0.2) is 9.55 Å². The lowest BCUT2D eigenvalue weighted by atomic mass is 10.1. The molecule has 8 heteroatoms. The van der Waals surface area contributed by atoms with Gasteiger partial charge in [-0.15, -0.1) is 0 Å². The van der Waals surface area contributed by atoms with Crippen molar-refractivity contribution in [2.45, 2.75) is 6.54 Å². The van der Waals surface area contributed by atoms with Crippen LogP contribution in [0.3, 0.4) is 0 Å². The van der Waals surface area contributed by atoms with Crippen LogP contribution in [0.2, 0.25) is 0 Å². The Kier molecular flexibility index (Phi) is 7.26. The number of para-hydroxylation sites is 2. The highest BCUT2D eigenvalue weighted by molar-refractivity contribution is 5.74. The first-order valence-corrected chi connectivity index (χ1v) is 9.91. The van der Waals surface area contributed by atoms with E-state index in [0.717, 1.165) is 56.4 Å². The number of hydrogen-bond donors (Lipinski definition) is 2. The Morgan fingerprint density at radius 2 is 1.80 bits per heavy atom. The van der Waals surface area contributed by atoms with Gasteiger partial charge in [-0.05, 0) is 36.4 Å². The molecule has 0 radical (unpaired) electrons. The van der Waals surface area contributed by atoms with Gasteiger partial charge < -0.3 is 39.2 Å². The maximum absolute atomic E-state index is 5.51. The van der Waals surface area contributed by atoms with Gasteiger partial charge in [0.2, 0.25) is 0 Å². The predicted molar refractivity (Wildman–Crippen MR) is 108 cm³/mol. The molecule has 160 valence electrons. The molecule has 0 amide bonds. The van der Waals surface area contributed by atoms with Gasteiger partial charge in [0.05, 0.1) is 20.3 Å². The average Bonchev–Trinajstić information content (AvgIpc) is 3.29. The number of nitrogens with zero attached hydrogens (tertiary/aromatic N) is 2. The summed E-state index contributed by atoms with van der Waals surface area (Å²) in [6.45, 7) is 5.95. The fraction of sp³-hybridized carbons (Fsp3) is 0.318. The third-order valence-corrected chi connectivity index (χ3v) is 5.71. The van der Waals surface area contributed by atoms with Gasteiger partial charge in [0.15, 0.2) is 0 Å². The molecule has 0 bridgehead atoms. The number of fused-ring (bicyclic) bond motifs is 3. The van der Waals surface area contributed by atoms with Crippen molar-refractivity contribution in [1.29, 1.82) is 0 Å². The van der Waals surface area contributed by atoms with Crippen molar-refractivity contribution in [3.63, 3.8) is 0 Å². The second-order valence-corrected chi connectivity index (χ2v) is 7.34. The van der Waals surface area contributed by atoms with Crippen molar-refractivity contribution in [2.75, 3.05) is 40.0 Å². The second kappa shape index (κ2) is 9.71. The van der Waals surface area contributed by atoms with E-state index in [2.05, 4.69) is 56.5 Å². The van der Waals surface area contributed by atoms with Crippen molar-refractivity contribution in [2.24, 2.45) is 0 Å². The summed E-state index contributed by atoms with van der Waals surface area (Å²) in [4.78, 5) is 5.22. The number of rotatable bonds is 5. The molecule has 3 heterocycles. The van der Waals surface area contributed by atoms with Gasteiger partial charge in [0, 0.05) is 5.56 Å². The number of nitrogens with one attached hydrogen (secondary N) is 2. The molecule has 0 unspecified atom stereocenters. The number of quaternary nitrogens is 1. The van der Waals surface area contributed by atoms with Crippen LogP contribution in [0.4, 0.5) is 0 Å². The molecule has 30 heavy (non-hydrogen) atoms. The molecule has 5 rings (SSSR count). The van der Waals surface area contributed by atoms with Crippen LogP contribution in [0.25, 0.3) is 28.1 Å². The van der Waals surface area contributed by atoms with Crippen molar-refractivity contribution < 1.29 is 43.6 Å². The number of halogens is 2. The molecule has 0 spiro atoms. The van der Waals surface area contributed by atoms with Crippen LogP contribution in [-0.2, 0) is 11.3 Å². The monoisotopic (exact) mass is 448 g/mol. The van der Waals surface area contributed by atoms with Crippen molar-refractivity contribution in [1.82, 2.24) is 9.55 Å². The molecule has 0 aliphatic carbocycles. The van der Waals surface area contributed by atoms with Crippen LogP contribution in [0, 0.1) is 0 Å². The van der Waals surface area contributed by atoms with Gasteiger partial charge in [0.25, 0.3) is 0 Å². The van der Waals surface area contributed by atoms with E-state index in [0.29, 0.717) is 0 Å². The largest absolute Gasteiger partial charge is 1.00 e. The van der Waals surface area contributed by atoms with Gasteiger partial charge >= 0.3 is 5.78 Å². The molecule has 1 fully saturated rings. The zero-order valence-corrected chi connectivity index (χ0v) is 18.4. The van der Waals surface area contributed by atoms with E-state index < -0.39 is 0 Å². The lowest BCUT2D eigenvalue weighted by Crippen LogP contribution is -3.14. The number of aromatic amines is 1. The zero-order valence-electron chi connectivity index (χ0n) is 16.9. The summed E-state index contributed by atoms with van der Waals surface area (Å²) in [7, 11) is 1.70. The standard InChI is InChI=1S/C22H24N4O2.2ClH/c1-27-18-8-6-17(7-9-18)21-16-26-20-5-3-2-4-19(20)23-22(26)25(21)11-10-24-12-14-28-15-13-24;;/h2-9,16H,10-15H2,1H3;2*1H. The number of morpholine rings is 1. The Bertz CT molecular complexity index is 1100. The van der Waals surface area contributed by atoms with E-state index in [1.165, 1.54) is 16.8 Å². The molecule has 4 aromatic rings. The smallest absolute Gasteiger partial charge is 0.368 e. The number of benzene rings is 2. The number of methoxy groups -OCH3 is 1. The Morgan fingerprint density at radius 3 is 2.53 bits per heavy atom. The zero-order chi connectivity index (χ0) is 18.9. The van der Waals surface area contributed by atoms with Crippen LogP contribution in [0.1, 0.15) is 0 Å². The summed E-state index contributed by atoms with van der Waals surface area (Å²) in [5.41, 5.74) is 4.77. The minimum absolute atomic E-state index is 0. The average molecular weight is 449 g/mol. The molecule has 0 atom stereocenters. The molecule has 2 N–H and O–H groups in total. The van der Waals surface area contributed by atoms with E-state index in [-0.39, 0.29) is 24.8 Å². The highest BCUT2D eigenvalue weighted by Gasteiger charge is 2.24. The van der Waals surface area contributed by atoms with E-state index >= 15 is 0 Å². The van der Waals surface area contributed by atoms with Crippen molar-refractivity contribution in [3.8, 4) is 17.0 Å². The number of ether oxygens (including phenoxy) is 2. The van der Waals surface area contributed by atoms with Crippen LogP contribution in [0.15, 0.2) is 54.7 Å². The number of aromatic nitrogens is 3. The number of imidazole rings is 2. The quantitative estimate of drug-likeness (QED) is 0.301. The van der Waals surface area contributed by atoms with E-state index in [1.54, 1.807) is 12.0 Å². The van der Waals surface area contributed by atoms with Crippen molar-refractivity contribution >= 4 is 16.8 Å². The molecule has 1 saturated heterocycles. The Hall–Kier alpha value is -2.25. The first-order valence-electron chi connectivity index (χ1n) is 9.91. The molecule has 2 aromatic heterocycles. The van der Waals surface area contributed by atoms with E-state index in [1.807, 2.05) is 12.1 Å². The number of hydrogen-bond acceptors (Lipinski definition) is 2. The van der Waals surface area contributed by atoms with Gasteiger partial charge in [0.1, 0.15) is 54.9 Å². The summed E-state index contributed by atoms with van der Waals surface area (Å²) < 4.78 is 15.5. The van der Waals surface area contributed by atoms with Crippen LogP contribution in [-0.4, -0.2) is 49.5 Å². The highest BCUT2D eigenvalue weighted by Crippen LogP contribution is 2.24. The van der Waals surface area contributed by atoms with Gasteiger partial charge in [-0.2, -0.15) is 4.40 Å². The maximum Gasteiger partial charge on any atom is 0.368 e. The normalized spacial score (nSPS) is 14.4. The Labute approximate surface area is 188 Å². The fourth-order valence-corrected chi connectivity index (χ4v) is 4.12. The third-order valence-electron chi connectivity index (χ3n) is 5.71. The predicted octanol–water partition coefficient (Wildman–Crippen LogP) is -4.69. The molecular weight excluding hydrogens is 423 g/mol. The van der Waals surface area contributed by atoms with Gasteiger partial charge in [-0.3, -0.25) is 0 Å². The second-order valence-electron chi connectivity index (χ2n) is 7.34. The molecule has 1 aliphatic rings. The lowest BCUT2D eigenvalue weighted by molar-refractivity contribution is -0.908. The van der Waals surface area contributed by atoms with Crippen LogP contribution in [0.5, 0.6) is 5.75 Å². The SMILES string of the molecule is COc1ccc(-c2c[n+]3c4ccccc4[nH]c3n2CC[NH+]2CCOCC2)cc1.[Cl-].[Cl-]. The topological polar surface area (TPSA) is 47.7 Å². The Morgan fingerprint density at radius 1 is 1.07 bits per heavy atom. The summed E-state index contributed by atoms with van der Waals surface area (Å²) in [5.74, 6) is 2.00.